The Morgan fingerprint density at radius 2 is 1.45 bits per heavy atom. The molecule has 0 heterocycles. The van der Waals surface area contributed by atoms with Gasteiger partial charge in [-0.25, -0.2) is 0 Å². The SMILES string of the molecule is CN(C)c1ccc(C(O)c2ccc(O)cc2)c2ccccc12. The summed E-state index contributed by atoms with van der Waals surface area (Å²) in [5, 5.41) is 22.3. The predicted molar refractivity (Wildman–Crippen MR) is 90.4 cm³/mol. The van der Waals surface area contributed by atoms with Gasteiger partial charge in [0.15, 0.2) is 0 Å². The standard InChI is InChI=1S/C19H19NO2/c1-20(2)18-12-11-17(15-5-3-4-6-16(15)18)19(22)13-7-9-14(21)10-8-13/h3-12,19,21-22H,1-2H3. The molecule has 3 rings (SSSR count). The van der Waals surface area contributed by atoms with Crippen LogP contribution in [0.1, 0.15) is 17.2 Å². The molecule has 0 saturated carbocycles. The van der Waals surface area contributed by atoms with Crippen molar-refractivity contribution in [3.8, 4) is 5.75 Å². The third-order valence-corrected chi connectivity index (χ3v) is 3.92. The first-order valence-corrected chi connectivity index (χ1v) is 7.24. The maximum atomic E-state index is 10.7. The highest BCUT2D eigenvalue weighted by Gasteiger charge is 2.15. The zero-order valence-electron chi connectivity index (χ0n) is 12.7. The number of nitrogens with zero attached hydrogens (tertiary/aromatic N) is 1. The molecule has 0 aromatic heterocycles. The van der Waals surface area contributed by atoms with Crippen molar-refractivity contribution in [1.29, 1.82) is 0 Å². The number of anilines is 1. The summed E-state index contributed by atoms with van der Waals surface area (Å²) in [6, 6.07) is 18.8. The van der Waals surface area contributed by atoms with Gasteiger partial charge in [-0.2, -0.15) is 0 Å². The van der Waals surface area contributed by atoms with Gasteiger partial charge in [0.25, 0.3) is 0 Å². The van der Waals surface area contributed by atoms with Gasteiger partial charge in [0, 0.05) is 25.2 Å². The summed E-state index contributed by atoms with van der Waals surface area (Å²) in [7, 11) is 4.02. The zero-order valence-corrected chi connectivity index (χ0v) is 12.7. The molecule has 0 aliphatic rings. The van der Waals surface area contributed by atoms with Crippen molar-refractivity contribution < 1.29 is 10.2 Å². The average Bonchev–Trinajstić information content (AvgIpc) is 2.53. The molecule has 0 radical (unpaired) electrons. The van der Waals surface area contributed by atoms with E-state index in [9.17, 15) is 10.2 Å². The van der Waals surface area contributed by atoms with Gasteiger partial charge >= 0.3 is 0 Å². The number of phenolic OH excluding ortho intramolecular Hbond substituents is 1. The lowest BCUT2D eigenvalue weighted by atomic mass is 9.95. The van der Waals surface area contributed by atoms with Gasteiger partial charge in [-0.3, -0.25) is 0 Å². The van der Waals surface area contributed by atoms with E-state index in [0.29, 0.717) is 0 Å². The van der Waals surface area contributed by atoms with E-state index in [1.807, 2.05) is 44.4 Å². The number of fused-ring (bicyclic) bond motifs is 1. The number of aliphatic hydroxyl groups is 1. The highest BCUT2D eigenvalue weighted by atomic mass is 16.3. The molecular weight excluding hydrogens is 274 g/mol. The summed E-state index contributed by atoms with van der Waals surface area (Å²) in [6.45, 7) is 0. The minimum atomic E-state index is -0.721. The minimum Gasteiger partial charge on any atom is -0.508 e. The van der Waals surface area contributed by atoms with Crippen LogP contribution in [0, 0.1) is 0 Å². The average molecular weight is 293 g/mol. The molecule has 0 aliphatic carbocycles. The summed E-state index contributed by atoms with van der Waals surface area (Å²) in [6.07, 6.45) is -0.721. The summed E-state index contributed by atoms with van der Waals surface area (Å²) < 4.78 is 0. The van der Waals surface area contributed by atoms with Crippen molar-refractivity contribution in [1.82, 2.24) is 0 Å². The predicted octanol–water partition coefficient (Wildman–Crippen LogP) is 3.69. The van der Waals surface area contributed by atoms with Crippen LogP contribution in [0.25, 0.3) is 10.8 Å². The molecule has 0 aliphatic heterocycles. The van der Waals surface area contributed by atoms with Crippen molar-refractivity contribution in [2.75, 3.05) is 19.0 Å². The number of phenols is 1. The van der Waals surface area contributed by atoms with Gasteiger partial charge in [-0.05, 0) is 34.7 Å². The Bertz CT molecular complexity index is 794. The van der Waals surface area contributed by atoms with E-state index in [-0.39, 0.29) is 5.75 Å². The fraction of sp³-hybridized carbons (Fsp3) is 0.158. The smallest absolute Gasteiger partial charge is 0.115 e. The number of benzene rings is 3. The Morgan fingerprint density at radius 3 is 2.09 bits per heavy atom. The van der Waals surface area contributed by atoms with Crippen molar-refractivity contribution in [2.45, 2.75) is 6.10 Å². The quantitative estimate of drug-likeness (QED) is 0.774. The summed E-state index contributed by atoms with van der Waals surface area (Å²) in [4.78, 5) is 2.07. The summed E-state index contributed by atoms with van der Waals surface area (Å²) >= 11 is 0. The van der Waals surface area contributed by atoms with Gasteiger partial charge < -0.3 is 15.1 Å². The molecule has 2 N–H and O–H groups in total. The molecule has 3 heteroatoms. The maximum absolute atomic E-state index is 10.7. The van der Waals surface area contributed by atoms with Crippen LogP contribution in [0.3, 0.4) is 0 Å². The molecule has 112 valence electrons. The molecule has 22 heavy (non-hydrogen) atoms. The highest BCUT2D eigenvalue weighted by molar-refractivity contribution is 5.96. The van der Waals surface area contributed by atoms with E-state index in [1.165, 1.54) is 0 Å². The maximum Gasteiger partial charge on any atom is 0.115 e. The van der Waals surface area contributed by atoms with Crippen molar-refractivity contribution >= 4 is 16.5 Å². The second-order valence-corrected chi connectivity index (χ2v) is 5.61. The van der Waals surface area contributed by atoms with Crippen LogP contribution in [-0.4, -0.2) is 24.3 Å². The van der Waals surface area contributed by atoms with Crippen LogP contribution in [0.15, 0.2) is 60.7 Å². The lowest BCUT2D eigenvalue weighted by Crippen LogP contribution is -2.10. The Hall–Kier alpha value is -2.52. The number of hydrogen-bond acceptors (Lipinski definition) is 3. The fourth-order valence-electron chi connectivity index (χ4n) is 2.77. The molecule has 0 bridgehead atoms. The third-order valence-electron chi connectivity index (χ3n) is 3.92. The van der Waals surface area contributed by atoms with Crippen LogP contribution in [-0.2, 0) is 0 Å². The van der Waals surface area contributed by atoms with Crippen LogP contribution in [0.5, 0.6) is 5.75 Å². The van der Waals surface area contributed by atoms with E-state index in [2.05, 4.69) is 11.0 Å². The molecule has 0 amide bonds. The summed E-state index contributed by atoms with van der Waals surface area (Å²) in [5.74, 6) is 0.198. The molecular formula is C19H19NO2. The van der Waals surface area contributed by atoms with Crippen LogP contribution >= 0.6 is 0 Å². The fourth-order valence-corrected chi connectivity index (χ4v) is 2.77. The first-order chi connectivity index (χ1) is 10.6. The van der Waals surface area contributed by atoms with Crippen LogP contribution < -0.4 is 4.90 Å². The molecule has 3 aromatic rings. The Balaban J connectivity index is 2.15. The zero-order chi connectivity index (χ0) is 15.7. The molecule has 3 aromatic carbocycles. The van der Waals surface area contributed by atoms with Gasteiger partial charge in [0.1, 0.15) is 11.9 Å². The molecule has 1 unspecified atom stereocenters. The van der Waals surface area contributed by atoms with Crippen LogP contribution in [0.4, 0.5) is 5.69 Å². The highest BCUT2D eigenvalue weighted by Crippen LogP contribution is 2.34. The van der Waals surface area contributed by atoms with Gasteiger partial charge in [0.2, 0.25) is 0 Å². The second-order valence-electron chi connectivity index (χ2n) is 5.61. The Labute approximate surface area is 130 Å². The van der Waals surface area contributed by atoms with Crippen LogP contribution in [0.2, 0.25) is 0 Å². The van der Waals surface area contributed by atoms with Crippen molar-refractivity contribution in [3.05, 3.63) is 71.8 Å². The largest absolute Gasteiger partial charge is 0.508 e. The molecule has 0 spiro atoms. The van der Waals surface area contributed by atoms with Crippen molar-refractivity contribution in [2.24, 2.45) is 0 Å². The molecule has 3 nitrogen and oxygen atoms in total. The van der Waals surface area contributed by atoms with Gasteiger partial charge in [0.05, 0.1) is 0 Å². The van der Waals surface area contributed by atoms with Gasteiger partial charge in [-0.15, -0.1) is 0 Å². The number of aliphatic hydroxyl groups excluding tert-OH is 1. The Morgan fingerprint density at radius 1 is 0.818 bits per heavy atom. The number of hydrogen-bond donors (Lipinski definition) is 2. The number of rotatable bonds is 3. The van der Waals surface area contributed by atoms with E-state index in [4.69, 9.17) is 0 Å². The van der Waals surface area contributed by atoms with E-state index >= 15 is 0 Å². The first-order valence-electron chi connectivity index (χ1n) is 7.24. The minimum absolute atomic E-state index is 0.198. The second kappa shape index (κ2) is 5.70. The lowest BCUT2D eigenvalue weighted by Gasteiger charge is -2.20. The number of aromatic hydroxyl groups is 1. The Kier molecular flexibility index (Phi) is 3.73. The molecule has 0 fully saturated rings. The summed E-state index contributed by atoms with van der Waals surface area (Å²) in [5.41, 5.74) is 2.75. The monoisotopic (exact) mass is 293 g/mol. The van der Waals surface area contributed by atoms with E-state index in [0.717, 1.165) is 27.6 Å². The van der Waals surface area contributed by atoms with E-state index in [1.54, 1.807) is 24.3 Å². The molecule has 0 saturated heterocycles. The lowest BCUT2D eigenvalue weighted by molar-refractivity contribution is 0.222. The topological polar surface area (TPSA) is 43.7 Å². The normalized spacial score (nSPS) is 12.3. The van der Waals surface area contributed by atoms with Gasteiger partial charge in [-0.1, -0.05) is 42.5 Å². The van der Waals surface area contributed by atoms with Crippen molar-refractivity contribution in [3.63, 3.8) is 0 Å². The van der Waals surface area contributed by atoms with E-state index < -0.39 is 6.10 Å². The first kappa shape index (κ1) is 14.4. The molecule has 1 atom stereocenters. The third kappa shape index (κ3) is 2.51.